The molecule has 2 aliphatic rings. The van der Waals surface area contributed by atoms with E-state index in [0.29, 0.717) is 12.0 Å². The summed E-state index contributed by atoms with van der Waals surface area (Å²) in [5.41, 5.74) is -0.301. The van der Waals surface area contributed by atoms with E-state index in [1.165, 1.54) is 38.5 Å². The van der Waals surface area contributed by atoms with E-state index in [-0.39, 0.29) is 5.54 Å². The van der Waals surface area contributed by atoms with Crippen LogP contribution in [0.4, 0.5) is 0 Å². The Balaban J connectivity index is 1.74. The van der Waals surface area contributed by atoms with E-state index in [2.05, 4.69) is 25.2 Å². The first-order chi connectivity index (χ1) is 9.66. The van der Waals surface area contributed by atoms with E-state index in [1.807, 2.05) is 0 Å². The van der Waals surface area contributed by atoms with Crippen LogP contribution < -0.4 is 5.32 Å². The average Bonchev–Trinajstić information content (AvgIpc) is 3.04. The van der Waals surface area contributed by atoms with Gasteiger partial charge in [0.05, 0.1) is 6.07 Å². The lowest BCUT2D eigenvalue weighted by Gasteiger charge is -2.32. The second-order valence-corrected chi connectivity index (χ2v) is 6.99. The van der Waals surface area contributed by atoms with E-state index in [4.69, 9.17) is 4.74 Å². The van der Waals surface area contributed by atoms with Crippen LogP contribution >= 0.6 is 0 Å². The molecule has 0 radical (unpaired) electrons. The van der Waals surface area contributed by atoms with Crippen LogP contribution in [0.25, 0.3) is 0 Å². The number of ether oxygens (including phenoxy) is 1. The van der Waals surface area contributed by atoms with Crippen molar-refractivity contribution in [1.29, 1.82) is 5.26 Å². The van der Waals surface area contributed by atoms with Gasteiger partial charge in [-0.05, 0) is 57.8 Å². The highest BCUT2D eigenvalue weighted by Gasteiger charge is 2.43. The summed E-state index contributed by atoms with van der Waals surface area (Å²) in [6.45, 7) is 6.02. The van der Waals surface area contributed by atoms with Crippen LogP contribution in [-0.2, 0) is 4.74 Å². The van der Waals surface area contributed by atoms with Crippen LogP contribution in [0.1, 0.15) is 65.2 Å². The van der Waals surface area contributed by atoms with Crippen molar-refractivity contribution in [3.05, 3.63) is 0 Å². The van der Waals surface area contributed by atoms with Gasteiger partial charge in [0.15, 0.2) is 0 Å². The summed E-state index contributed by atoms with van der Waals surface area (Å²) >= 11 is 0. The summed E-state index contributed by atoms with van der Waals surface area (Å²) in [5, 5.41) is 13.1. The van der Waals surface area contributed by atoms with E-state index in [1.54, 1.807) is 0 Å². The van der Waals surface area contributed by atoms with Crippen molar-refractivity contribution in [2.24, 2.45) is 11.8 Å². The molecule has 2 rings (SSSR count). The topological polar surface area (TPSA) is 45.0 Å². The SMILES string of the molecule is CC(C)NC1(C#N)CCCC1CCOCC1CCCC1. The maximum Gasteiger partial charge on any atom is 0.109 e. The van der Waals surface area contributed by atoms with Gasteiger partial charge in [0.25, 0.3) is 0 Å². The second-order valence-electron chi connectivity index (χ2n) is 6.99. The highest BCUT2D eigenvalue weighted by Crippen LogP contribution is 2.38. The Labute approximate surface area is 124 Å². The molecular weight excluding hydrogens is 248 g/mol. The zero-order valence-corrected chi connectivity index (χ0v) is 13.2. The molecule has 3 nitrogen and oxygen atoms in total. The molecule has 0 saturated heterocycles. The number of nitriles is 1. The molecule has 0 aliphatic heterocycles. The fourth-order valence-electron chi connectivity index (χ4n) is 4.01. The zero-order valence-electron chi connectivity index (χ0n) is 13.2. The minimum absolute atomic E-state index is 0.301. The van der Waals surface area contributed by atoms with E-state index in [0.717, 1.165) is 32.0 Å². The quantitative estimate of drug-likeness (QED) is 0.723. The predicted octanol–water partition coefficient (Wildman–Crippen LogP) is 3.64. The van der Waals surface area contributed by atoms with Crippen molar-refractivity contribution in [2.75, 3.05) is 13.2 Å². The summed E-state index contributed by atoms with van der Waals surface area (Å²) in [6, 6.07) is 2.94. The summed E-state index contributed by atoms with van der Waals surface area (Å²) < 4.78 is 5.89. The molecule has 0 spiro atoms. The van der Waals surface area contributed by atoms with E-state index in [9.17, 15) is 5.26 Å². The Morgan fingerprint density at radius 3 is 2.65 bits per heavy atom. The number of hydrogen-bond donors (Lipinski definition) is 1. The van der Waals surface area contributed by atoms with Gasteiger partial charge in [0.2, 0.25) is 0 Å². The lowest BCUT2D eigenvalue weighted by molar-refractivity contribution is 0.0835. The Bertz CT molecular complexity index is 330. The third-order valence-corrected chi connectivity index (χ3v) is 5.01. The van der Waals surface area contributed by atoms with Gasteiger partial charge in [-0.2, -0.15) is 5.26 Å². The Hall–Kier alpha value is -0.590. The molecule has 2 saturated carbocycles. The Morgan fingerprint density at radius 2 is 2.00 bits per heavy atom. The average molecular weight is 278 g/mol. The predicted molar refractivity (Wildman–Crippen MR) is 81.4 cm³/mol. The molecule has 114 valence electrons. The molecule has 0 aromatic carbocycles. The Morgan fingerprint density at radius 1 is 1.25 bits per heavy atom. The van der Waals surface area contributed by atoms with Crippen LogP contribution in [0.3, 0.4) is 0 Å². The van der Waals surface area contributed by atoms with Gasteiger partial charge in [-0.15, -0.1) is 0 Å². The number of rotatable bonds is 7. The lowest BCUT2D eigenvalue weighted by Crippen LogP contribution is -2.50. The molecular formula is C17H30N2O. The third kappa shape index (κ3) is 3.96. The minimum atomic E-state index is -0.301. The molecule has 20 heavy (non-hydrogen) atoms. The van der Waals surface area contributed by atoms with Crippen molar-refractivity contribution in [3.63, 3.8) is 0 Å². The molecule has 1 N–H and O–H groups in total. The summed E-state index contributed by atoms with van der Waals surface area (Å²) in [7, 11) is 0. The van der Waals surface area contributed by atoms with Crippen molar-refractivity contribution >= 4 is 0 Å². The molecule has 0 heterocycles. The highest BCUT2D eigenvalue weighted by atomic mass is 16.5. The molecule has 0 aromatic heterocycles. The maximum atomic E-state index is 9.61. The molecule has 2 aliphatic carbocycles. The summed E-state index contributed by atoms with van der Waals surface area (Å²) in [5.74, 6) is 1.26. The van der Waals surface area contributed by atoms with Crippen LogP contribution in [0.5, 0.6) is 0 Å². The number of hydrogen-bond acceptors (Lipinski definition) is 3. The third-order valence-electron chi connectivity index (χ3n) is 5.01. The van der Waals surface area contributed by atoms with E-state index < -0.39 is 0 Å². The first-order valence-corrected chi connectivity index (χ1v) is 8.43. The van der Waals surface area contributed by atoms with Gasteiger partial charge >= 0.3 is 0 Å². The van der Waals surface area contributed by atoms with Gasteiger partial charge in [-0.1, -0.05) is 19.3 Å². The second kappa shape index (κ2) is 7.43. The van der Waals surface area contributed by atoms with Crippen LogP contribution in [0.2, 0.25) is 0 Å². The minimum Gasteiger partial charge on any atom is -0.381 e. The highest BCUT2D eigenvalue weighted by molar-refractivity contribution is 5.14. The van der Waals surface area contributed by atoms with Crippen molar-refractivity contribution in [2.45, 2.75) is 76.8 Å². The monoisotopic (exact) mass is 278 g/mol. The molecule has 2 atom stereocenters. The fraction of sp³-hybridized carbons (Fsp3) is 0.941. The number of nitrogens with one attached hydrogen (secondary N) is 1. The molecule has 2 fully saturated rings. The molecule has 0 amide bonds. The fourth-order valence-corrected chi connectivity index (χ4v) is 4.01. The largest absolute Gasteiger partial charge is 0.381 e. The summed E-state index contributed by atoms with van der Waals surface area (Å²) in [6.07, 6.45) is 9.82. The first kappa shape index (κ1) is 15.8. The van der Waals surface area contributed by atoms with Gasteiger partial charge < -0.3 is 4.74 Å². The van der Waals surface area contributed by atoms with Gasteiger partial charge in [-0.25, -0.2) is 0 Å². The van der Waals surface area contributed by atoms with Crippen LogP contribution in [0.15, 0.2) is 0 Å². The zero-order chi connectivity index (χ0) is 14.4. The van der Waals surface area contributed by atoms with E-state index >= 15 is 0 Å². The Kier molecular flexibility index (Phi) is 5.86. The molecule has 0 bridgehead atoms. The normalized spacial score (nSPS) is 31.0. The number of nitrogens with zero attached hydrogens (tertiary/aromatic N) is 1. The maximum absolute atomic E-state index is 9.61. The lowest BCUT2D eigenvalue weighted by atomic mass is 9.85. The van der Waals surface area contributed by atoms with Crippen LogP contribution in [0, 0.1) is 23.2 Å². The van der Waals surface area contributed by atoms with Gasteiger partial charge in [-0.3, -0.25) is 5.32 Å². The standard InChI is InChI=1S/C17H30N2O/c1-14(2)19-17(13-18)10-5-8-16(17)9-11-20-12-15-6-3-4-7-15/h14-16,19H,3-12H2,1-2H3. The molecule has 3 heteroatoms. The van der Waals surface area contributed by atoms with Crippen molar-refractivity contribution < 1.29 is 4.74 Å². The molecule has 2 unspecified atom stereocenters. The first-order valence-electron chi connectivity index (χ1n) is 8.43. The van der Waals surface area contributed by atoms with Crippen molar-refractivity contribution in [3.8, 4) is 6.07 Å². The summed E-state index contributed by atoms with van der Waals surface area (Å²) in [4.78, 5) is 0. The van der Waals surface area contributed by atoms with Gasteiger partial charge in [0, 0.05) is 19.3 Å². The molecule has 0 aromatic rings. The van der Waals surface area contributed by atoms with Gasteiger partial charge in [0.1, 0.15) is 5.54 Å². The van der Waals surface area contributed by atoms with Crippen LogP contribution in [-0.4, -0.2) is 24.8 Å². The van der Waals surface area contributed by atoms with Crippen molar-refractivity contribution in [1.82, 2.24) is 5.32 Å². The smallest absolute Gasteiger partial charge is 0.109 e.